The van der Waals surface area contributed by atoms with Crippen molar-refractivity contribution in [3.8, 4) is 16.3 Å². The molecule has 0 aliphatic carbocycles. The molecule has 0 atom stereocenters. The second kappa shape index (κ2) is 7.30. The Morgan fingerprint density at radius 1 is 1.24 bits per heavy atom. The molecule has 0 unspecified atom stereocenters. The number of aromatic nitrogens is 1. The first kappa shape index (κ1) is 17.5. The minimum Gasteiger partial charge on any atom is -0.494 e. The number of methoxy groups -OCH3 is 1. The Balaban J connectivity index is 1.76. The highest BCUT2D eigenvalue weighted by molar-refractivity contribution is 7.89. The van der Waals surface area contributed by atoms with Crippen LogP contribution in [0.2, 0.25) is 0 Å². The van der Waals surface area contributed by atoms with E-state index in [9.17, 15) is 12.8 Å². The lowest BCUT2D eigenvalue weighted by Crippen LogP contribution is -2.23. The van der Waals surface area contributed by atoms with Crippen LogP contribution in [0.25, 0.3) is 10.6 Å². The standard InChI is InChI=1S/C17H15FN2O3S2/c1-23-16-5-4-13(10-14(16)18)25(21,22)20-11-12-6-7-19-15(9-12)17-3-2-8-24-17/h2-10,20H,11H2,1H3. The number of thiophene rings is 1. The Hall–Kier alpha value is -2.29. The zero-order valence-electron chi connectivity index (χ0n) is 13.3. The van der Waals surface area contributed by atoms with Gasteiger partial charge in [0.1, 0.15) is 0 Å². The van der Waals surface area contributed by atoms with Crippen molar-refractivity contribution in [1.82, 2.24) is 9.71 Å². The average molecular weight is 378 g/mol. The molecule has 0 saturated heterocycles. The first-order chi connectivity index (χ1) is 12.0. The Bertz CT molecular complexity index is 973. The summed E-state index contributed by atoms with van der Waals surface area (Å²) in [6.07, 6.45) is 1.63. The van der Waals surface area contributed by atoms with E-state index in [1.165, 1.54) is 19.2 Å². The number of benzene rings is 1. The number of hydrogen-bond acceptors (Lipinski definition) is 5. The van der Waals surface area contributed by atoms with Gasteiger partial charge in [-0.1, -0.05) is 6.07 Å². The molecule has 0 bridgehead atoms. The predicted molar refractivity (Wildman–Crippen MR) is 94.5 cm³/mol. The van der Waals surface area contributed by atoms with Crippen molar-refractivity contribution in [2.75, 3.05) is 7.11 Å². The highest BCUT2D eigenvalue weighted by atomic mass is 32.2. The Morgan fingerprint density at radius 2 is 2.08 bits per heavy atom. The third-order valence-corrected chi connectivity index (χ3v) is 5.79. The van der Waals surface area contributed by atoms with E-state index in [0.29, 0.717) is 0 Å². The van der Waals surface area contributed by atoms with Gasteiger partial charge in [0, 0.05) is 12.7 Å². The van der Waals surface area contributed by atoms with Crippen molar-refractivity contribution in [1.29, 1.82) is 0 Å². The molecule has 1 N–H and O–H groups in total. The van der Waals surface area contributed by atoms with Crippen LogP contribution in [0.5, 0.6) is 5.75 Å². The zero-order valence-corrected chi connectivity index (χ0v) is 14.9. The summed E-state index contributed by atoms with van der Waals surface area (Å²) in [6, 6.07) is 10.9. The van der Waals surface area contributed by atoms with Crippen molar-refractivity contribution < 1.29 is 17.5 Å². The molecule has 3 aromatic rings. The summed E-state index contributed by atoms with van der Waals surface area (Å²) in [5.41, 5.74) is 1.54. The van der Waals surface area contributed by atoms with Gasteiger partial charge in [0.2, 0.25) is 10.0 Å². The summed E-state index contributed by atoms with van der Waals surface area (Å²) in [6.45, 7) is 0.0802. The summed E-state index contributed by atoms with van der Waals surface area (Å²) in [5.74, 6) is -0.733. The molecule has 2 aromatic heterocycles. The van der Waals surface area contributed by atoms with Gasteiger partial charge in [-0.2, -0.15) is 0 Å². The van der Waals surface area contributed by atoms with E-state index >= 15 is 0 Å². The number of ether oxygens (including phenoxy) is 1. The van der Waals surface area contributed by atoms with Crippen LogP contribution in [0.3, 0.4) is 0 Å². The van der Waals surface area contributed by atoms with Crippen molar-refractivity contribution in [3.63, 3.8) is 0 Å². The number of sulfonamides is 1. The summed E-state index contributed by atoms with van der Waals surface area (Å²) < 4.78 is 45.7. The maximum Gasteiger partial charge on any atom is 0.240 e. The molecular formula is C17H15FN2O3S2. The third kappa shape index (κ3) is 4.04. The fraction of sp³-hybridized carbons (Fsp3) is 0.118. The second-order valence-electron chi connectivity index (χ2n) is 5.15. The molecule has 25 heavy (non-hydrogen) atoms. The summed E-state index contributed by atoms with van der Waals surface area (Å²) in [5, 5.41) is 1.95. The van der Waals surface area contributed by atoms with Gasteiger partial charge in [-0.25, -0.2) is 17.5 Å². The van der Waals surface area contributed by atoms with E-state index in [-0.39, 0.29) is 17.2 Å². The molecule has 8 heteroatoms. The van der Waals surface area contributed by atoms with E-state index in [4.69, 9.17) is 4.74 Å². The Kier molecular flexibility index (Phi) is 5.12. The van der Waals surface area contributed by atoms with Crippen LogP contribution in [0.15, 0.2) is 58.9 Å². The van der Waals surface area contributed by atoms with Crippen molar-refractivity contribution >= 4 is 21.4 Å². The van der Waals surface area contributed by atoms with E-state index in [0.717, 1.165) is 22.2 Å². The van der Waals surface area contributed by atoms with Gasteiger partial charge < -0.3 is 4.74 Å². The van der Waals surface area contributed by atoms with Crippen molar-refractivity contribution in [2.24, 2.45) is 0 Å². The van der Waals surface area contributed by atoms with Crippen LogP contribution >= 0.6 is 11.3 Å². The summed E-state index contributed by atoms with van der Waals surface area (Å²) in [4.78, 5) is 5.13. The number of halogens is 1. The highest BCUT2D eigenvalue weighted by Crippen LogP contribution is 2.23. The molecule has 0 radical (unpaired) electrons. The number of pyridine rings is 1. The van der Waals surface area contributed by atoms with Crippen LogP contribution in [0.4, 0.5) is 4.39 Å². The third-order valence-electron chi connectivity index (χ3n) is 3.50. The second-order valence-corrected chi connectivity index (χ2v) is 7.86. The van der Waals surface area contributed by atoms with E-state index in [2.05, 4.69) is 9.71 Å². The topological polar surface area (TPSA) is 68.3 Å². The predicted octanol–water partition coefficient (Wildman–Crippen LogP) is 3.44. The monoisotopic (exact) mass is 378 g/mol. The van der Waals surface area contributed by atoms with E-state index < -0.39 is 15.8 Å². The molecule has 5 nitrogen and oxygen atoms in total. The van der Waals surface area contributed by atoms with Crippen molar-refractivity contribution in [2.45, 2.75) is 11.4 Å². The van der Waals surface area contributed by atoms with Crippen LogP contribution in [0, 0.1) is 5.82 Å². The first-order valence-corrected chi connectivity index (χ1v) is 9.68. The van der Waals surface area contributed by atoms with Crippen LogP contribution in [-0.4, -0.2) is 20.5 Å². The maximum absolute atomic E-state index is 13.7. The number of hydrogen-bond donors (Lipinski definition) is 1. The van der Waals surface area contributed by atoms with Gasteiger partial charge in [-0.15, -0.1) is 11.3 Å². The lowest BCUT2D eigenvalue weighted by Gasteiger charge is -2.09. The summed E-state index contributed by atoms with van der Waals surface area (Å²) in [7, 11) is -2.52. The molecule has 0 saturated carbocycles. The lowest BCUT2D eigenvalue weighted by molar-refractivity contribution is 0.385. The zero-order chi connectivity index (χ0) is 17.9. The number of rotatable bonds is 6. The minimum absolute atomic E-state index is 0.00586. The number of nitrogens with one attached hydrogen (secondary N) is 1. The van der Waals surface area contributed by atoms with Gasteiger partial charge in [0.25, 0.3) is 0 Å². The lowest BCUT2D eigenvalue weighted by atomic mass is 10.2. The fourth-order valence-electron chi connectivity index (χ4n) is 2.22. The smallest absolute Gasteiger partial charge is 0.240 e. The SMILES string of the molecule is COc1ccc(S(=O)(=O)NCc2ccnc(-c3cccs3)c2)cc1F. The minimum atomic E-state index is -3.84. The molecule has 0 aliphatic rings. The van der Waals surface area contributed by atoms with E-state index in [1.807, 2.05) is 23.6 Å². The van der Waals surface area contributed by atoms with Crippen molar-refractivity contribution in [3.05, 3.63) is 65.4 Å². The van der Waals surface area contributed by atoms with Gasteiger partial charge in [0.05, 0.1) is 22.6 Å². The van der Waals surface area contributed by atoms with Gasteiger partial charge in [-0.05, 0) is 47.3 Å². The highest BCUT2D eigenvalue weighted by Gasteiger charge is 2.16. The molecule has 0 spiro atoms. The molecule has 3 rings (SSSR count). The quantitative estimate of drug-likeness (QED) is 0.713. The molecule has 2 heterocycles. The number of nitrogens with zero attached hydrogens (tertiary/aromatic N) is 1. The normalized spacial score (nSPS) is 11.4. The molecule has 130 valence electrons. The Labute approximate surface area is 149 Å². The molecule has 0 aliphatic heterocycles. The fourth-order valence-corrected chi connectivity index (χ4v) is 3.94. The summed E-state index contributed by atoms with van der Waals surface area (Å²) >= 11 is 1.56. The molecular weight excluding hydrogens is 363 g/mol. The van der Waals surface area contributed by atoms with Crippen LogP contribution < -0.4 is 9.46 Å². The first-order valence-electron chi connectivity index (χ1n) is 7.31. The molecule has 0 fully saturated rings. The van der Waals surface area contributed by atoms with Gasteiger partial charge in [0.15, 0.2) is 11.6 Å². The average Bonchev–Trinajstić information content (AvgIpc) is 3.15. The maximum atomic E-state index is 13.7. The molecule has 0 amide bonds. The van der Waals surface area contributed by atoms with E-state index in [1.54, 1.807) is 23.6 Å². The van der Waals surface area contributed by atoms with Gasteiger partial charge >= 0.3 is 0 Å². The van der Waals surface area contributed by atoms with Crippen LogP contribution in [0.1, 0.15) is 5.56 Å². The Morgan fingerprint density at radius 3 is 2.76 bits per heavy atom. The molecule has 1 aromatic carbocycles. The van der Waals surface area contributed by atoms with Crippen LogP contribution in [-0.2, 0) is 16.6 Å². The van der Waals surface area contributed by atoms with Gasteiger partial charge in [-0.3, -0.25) is 4.98 Å². The largest absolute Gasteiger partial charge is 0.494 e.